The highest BCUT2D eigenvalue weighted by Crippen LogP contribution is 2.13. The van der Waals surface area contributed by atoms with Crippen LogP contribution in [0.1, 0.15) is 0 Å². The molecule has 0 saturated carbocycles. The molecule has 2 heterocycles. The Hall–Kier alpha value is -1.76. The highest BCUT2D eigenvalue weighted by molar-refractivity contribution is 7.91. The summed E-state index contributed by atoms with van der Waals surface area (Å²) < 4.78 is 27.9. The van der Waals surface area contributed by atoms with Crippen LogP contribution in [0.15, 0.2) is 45.7 Å². The molecule has 0 fully saturated rings. The van der Waals surface area contributed by atoms with E-state index in [-0.39, 0.29) is 10.2 Å². The molecular weight excluding hydrogens is 206 g/mol. The average Bonchev–Trinajstić information content (AvgIpc) is 2.72. The van der Waals surface area contributed by atoms with Gasteiger partial charge in [0.15, 0.2) is 6.39 Å². The van der Waals surface area contributed by atoms with Gasteiger partial charge in [-0.3, -0.25) is 0 Å². The average molecular weight is 211 g/mol. The van der Waals surface area contributed by atoms with Crippen LogP contribution >= 0.6 is 0 Å². The largest absolute Gasteiger partial charge is 0.450 e. The first-order valence-corrected chi connectivity index (χ1v) is 5.10. The van der Waals surface area contributed by atoms with Crippen LogP contribution in [0.3, 0.4) is 0 Å². The summed E-state index contributed by atoms with van der Waals surface area (Å²) in [7, 11) is -3.72. The molecule has 0 unspecified atom stereocenters. The lowest BCUT2D eigenvalue weighted by atomic mass is 10.7. The summed E-state index contributed by atoms with van der Waals surface area (Å²) in [6.07, 6.45) is 4.77. The SMILES string of the molecule is O=S(=O)(c1cocn1)c1ncccn1. The van der Waals surface area contributed by atoms with Crippen molar-refractivity contribution >= 4 is 9.84 Å². The third-order valence-corrected chi connectivity index (χ3v) is 2.91. The van der Waals surface area contributed by atoms with E-state index in [0.717, 1.165) is 12.7 Å². The minimum Gasteiger partial charge on any atom is -0.450 e. The summed E-state index contributed by atoms with van der Waals surface area (Å²) in [6, 6.07) is 1.53. The molecule has 0 radical (unpaired) electrons. The molecular formula is C7H5N3O3S. The zero-order valence-corrected chi connectivity index (χ0v) is 7.68. The number of aromatic nitrogens is 3. The Kier molecular flexibility index (Phi) is 2.01. The van der Waals surface area contributed by atoms with Crippen molar-refractivity contribution < 1.29 is 12.8 Å². The molecule has 0 aliphatic rings. The molecule has 0 amide bonds. The van der Waals surface area contributed by atoms with Crippen LogP contribution in [0.2, 0.25) is 0 Å². The first-order chi connectivity index (χ1) is 6.71. The zero-order chi connectivity index (χ0) is 10.0. The maximum absolute atomic E-state index is 11.6. The van der Waals surface area contributed by atoms with Crippen molar-refractivity contribution in [1.82, 2.24) is 15.0 Å². The predicted molar refractivity (Wildman–Crippen MR) is 44.0 cm³/mol. The summed E-state index contributed by atoms with van der Waals surface area (Å²) in [5, 5.41) is -0.474. The van der Waals surface area contributed by atoms with Gasteiger partial charge in [0.25, 0.3) is 15.0 Å². The van der Waals surface area contributed by atoms with E-state index in [0.29, 0.717) is 0 Å². The van der Waals surface area contributed by atoms with Crippen molar-refractivity contribution in [2.45, 2.75) is 10.2 Å². The van der Waals surface area contributed by atoms with E-state index in [1.807, 2.05) is 0 Å². The lowest BCUT2D eigenvalue weighted by Crippen LogP contribution is -2.06. The maximum Gasteiger partial charge on any atom is 0.262 e. The topological polar surface area (TPSA) is 86.0 Å². The fourth-order valence-corrected chi connectivity index (χ4v) is 1.80. The third-order valence-electron chi connectivity index (χ3n) is 1.47. The fraction of sp³-hybridized carbons (Fsp3) is 0. The zero-order valence-electron chi connectivity index (χ0n) is 6.86. The number of rotatable bonds is 2. The molecule has 2 aromatic heterocycles. The minimum atomic E-state index is -3.72. The number of hydrogen-bond acceptors (Lipinski definition) is 6. The molecule has 2 aromatic rings. The Balaban J connectivity index is 2.55. The Bertz CT molecular complexity index is 506. The van der Waals surface area contributed by atoms with Crippen molar-refractivity contribution in [2.24, 2.45) is 0 Å². The molecule has 7 heteroatoms. The first-order valence-electron chi connectivity index (χ1n) is 3.61. The molecule has 0 spiro atoms. The van der Waals surface area contributed by atoms with E-state index in [2.05, 4.69) is 19.4 Å². The van der Waals surface area contributed by atoms with Crippen molar-refractivity contribution in [2.75, 3.05) is 0 Å². The number of sulfone groups is 1. The van der Waals surface area contributed by atoms with Crippen molar-refractivity contribution in [3.63, 3.8) is 0 Å². The first kappa shape index (κ1) is 8.82. The van der Waals surface area contributed by atoms with E-state index in [9.17, 15) is 8.42 Å². The van der Waals surface area contributed by atoms with Crippen molar-refractivity contribution in [3.8, 4) is 0 Å². The lowest BCUT2D eigenvalue weighted by molar-refractivity contribution is 0.551. The van der Waals surface area contributed by atoms with Crippen LogP contribution in [0.25, 0.3) is 0 Å². The quantitative estimate of drug-likeness (QED) is 0.664. The van der Waals surface area contributed by atoms with Gasteiger partial charge in [-0.05, 0) is 6.07 Å². The Morgan fingerprint density at radius 1 is 1.14 bits per heavy atom. The number of hydrogen-bond donors (Lipinski definition) is 0. The van der Waals surface area contributed by atoms with Crippen LogP contribution in [0, 0.1) is 0 Å². The Morgan fingerprint density at radius 2 is 1.86 bits per heavy atom. The molecule has 72 valence electrons. The number of nitrogens with zero attached hydrogens (tertiary/aromatic N) is 3. The lowest BCUT2D eigenvalue weighted by Gasteiger charge is -1.95. The van der Waals surface area contributed by atoms with Gasteiger partial charge in [0.2, 0.25) is 5.03 Å². The smallest absolute Gasteiger partial charge is 0.262 e. The van der Waals surface area contributed by atoms with Gasteiger partial charge >= 0.3 is 0 Å². The van der Waals surface area contributed by atoms with Crippen LogP contribution in [0.4, 0.5) is 0 Å². The van der Waals surface area contributed by atoms with Gasteiger partial charge in [0, 0.05) is 12.4 Å². The van der Waals surface area contributed by atoms with Gasteiger partial charge < -0.3 is 4.42 Å². The highest BCUT2D eigenvalue weighted by atomic mass is 32.2. The van der Waals surface area contributed by atoms with Crippen LogP contribution in [0.5, 0.6) is 0 Å². The maximum atomic E-state index is 11.6. The van der Waals surface area contributed by atoms with E-state index < -0.39 is 9.84 Å². The summed E-state index contributed by atoms with van der Waals surface area (Å²) in [5.74, 6) is 0. The summed E-state index contributed by atoms with van der Waals surface area (Å²) in [6.45, 7) is 0. The predicted octanol–water partition coefficient (Wildman–Crippen LogP) is 0.297. The van der Waals surface area contributed by atoms with Crippen molar-refractivity contribution in [1.29, 1.82) is 0 Å². The highest BCUT2D eigenvalue weighted by Gasteiger charge is 2.23. The van der Waals surface area contributed by atoms with E-state index >= 15 is 0 Å². The molecule has 6 nitrogen and oxygen atoms in total. The second kappa shape index (κ2) is 3.18. The Morgan fingerprint density at radius 3 is 2.43 bits per heavy atom. The molecule has 0 aliphatic carbocycles. The second-order valence-electron chi connectivity index (χ2n) is 2.36. The van der Waals surface area contributed by atoms with Gasteiger partial charge in [-0.15, -0.1) is 0 Å². The van der Waals surface area contributed by atoms with Crippen LogP contribution in [-0.2, 0) is 9.84 Å². The molecule has 0 aromatic carbocycles. The molecule has 14 heavy (non-hydrogen) atoms. The van der Waals surface area contributed by atoms with Gasteiger partial charge in [-0.25, -0.2) is 23.4 Å². The van der Waals surface area contributed by atoms with E-state index in [1.54, 1.807) is 0 Å². The number of oxazole rings is 1. The fourth-order valence-electron chi connectivity index (χ4n) is 0.852. The molecule has 0 bridgehead atoms. The van der Waals surface area contributed by atoms with Gasteiger partial charge in [-0.2, -0.15) is 0 Å². The van der Waals surface area contributed by atoms with E-state index in [1.165, 1.54) is 18.5 Å². The minimum absolute atomic E-state index is 0.191. The third kappa shape index (κ3) is 1.37. The molecule has 2 rings (SSSR count). The standard InChI is InChI=1S/C7H5N3O3S/c11-14(12,6-4-13-5-10-6)7-8-2-1-3-9-7/h1-5H. The van der Waals surface area contributed by atoms with Crippen LogP contribution < -0.4 is 0 Å². The van der Waals surface area contributed by atoms with Gasteiger partial charge in [0.05, 0.1) is 0 Å². The summed E-state index contributed by atoms with van der Waals surface area (Å²) in [4.78, 5) is 10.8. The summed E-state index contributed by atoms with van der Waals surface area (Å²) >= 11 is 0. The molecule has 0 N–H and O–H groups in total. The molecule has 0 saturated heterocycles. The molecule has 0 aliphatic heterocycles. The molecule has 0 atom stereocenters. The van der Waals surface area contributed by atoms with Gasteiger partial charge in [0.1, 0.15) is 6.26 Å². The normalized spacial score (nSPS) is 11.4. The monoisotopic (exact) mass is 211 g/mol. The Labute approximate surface area is 79.6 Å². The van der Waals surface area contributed by atoms with Crippen LogP contribution in [-0.4, -0.2) is 23.4 Å². The second-order valence-corrected chi connectivity index (χ2v) is 4.15. The van der Waals surface area contributed by atoms with Crippen molar-refractivity contribution in [3.05, 3.63) is 31.1 Å². The van der Waals surface area contributed by atoms with Gasteiger partial charge in [-0.1, -0.05) is 0 Å². The van der Waals surface area contributed by atoms with E-state index in [4.69, 9.17) is 0 Å². The summed E-state index contributed by atoms with van der Waals surface area (Å²) in [5.41, 5.74) is 0.